The van der Waals surface area contributed by atoms with Crippen molar-refractivity contribution in [3.8, 4) is 17.1 Å². The molecule has 2 aliphatic heterocycles. The zero-order valence-corrected chi connectivity index (χ0v) is 19.8. The maximum atomic E-state index is 13.8. The number of piperidine rings is 1. The van der Waals surface area contributed by atoms with Crippen LogP contribution < -0.4 is 4.74 Å². The Labute approximate surface area is 213 Å². The highest BCUT2D eigenvalue weighted by molar-refractivity contribution is 5.75. The number of aromatic nitrogens is 2. The van der Waals surface area contributed by atoms with E-state index in [1.54, 1.807) is 6.07 Å². The fraction of sp³-hybridized carbons (Fsp3) is 0.400. The van der Waals surface area contributed by atoms with E-state index in [0.29, 0.717) is 17.5 Å². The van der Waals surface area contributed by atoms with Crippen LogP contribution in [0, 0.1) is 5.82 Å². The SMILES string of the molecule is O=C(N1CC(c2ccc(OC(F)(F)F)cc2)CC(c2nc(-c3cccc(F)c3)no2)C1)N1CCC(F)(F)C1. The fourth-order valence-corrected chi connectivity index (χ4v) is 4.86. The molecule has 0 bridgehead atoms. The molecule has 1 aromatic heterocycles. The second-order valence-electron chi connectivity index (χ2n) is 9.43. The van der Waals surface area contributed by atoms with Gasteiger partial charge in [0.15, 0.2) is 0 Å². The molecule has 38 heavy (non-hydrogen) atoms. The summed E-state index contributed by atoms with van der Waals surface area (Å²) in [6.07, 6.45) is -4.87. The Morgan fingerprint density at radius 2 is 1.79 bits per heavy atom. The van der Waals surface area contributed by atoms with Crippen LogP contribution in [0.2, 0.25) is 0 Å². The third-order valence-corrected chi connectivity index (χ3v) is 6.62. The molecule has 5 rings (SSSR count). The number of amides is 2. The number of likely N-dealkylation sites (tertiary alicyclic amines) is 2. The molecule has 2 unspecified atom stereocenters. The van der Waals surface area contributed by atoms with E-state index in [2.05, 4.69) is 14.9 Å². The van der Waals surface area contributed by atoms with Gasteiger partial charge in [0.1, 0.15) is 11.6 Å². The zero-order valence-electron chi connectivity index (χ0n) is 19.8. The van der Waals surface area contributed by atoms with Gasteiger partial charge in [0.2, 0.25) is 11.7 Å². The molecule has 0 saturated carbocycles. The van der Waals surface area contributed by atoms with Crippen molar-refractivity contribution in [2.24, 2.45) is 0 Å². The number of carbonyl (C=O) groups excluding carboxylic acids is 1. The third-order valence-electron chi connectivity index (χ3n) is 6.62. The summed E-state index contributed by atoms with van der Waals surface area (Å²) in [6.45, 7) is -0.518. The number of carbonyl (C=O) groups is 1. The van der Waals surface area contributed by atoms with E-state index < -0.39 is 48.8 Å². The maximum Gasteiger partial charge on any atom is 0.573 e. The van der Waals surface area contributed by atoms with Gasteiger partial charge in [0.25, 0.3) is 5.92 Å². The number of benzene rings is 2. The lowest BCUT2D eigenvalue weighted by Crippen LogP contribution is -2.48. The summed E-state index contributed by atoms with van der Waals surface area (Å²) < 4.78 is 88.3. The Kier molecular flexibility index (Phi) is 6.70. The van der Waals surface area contributed by atoms with Crippen molar-refractivity contribution in [3.05, 3.63) is 65.8 Å². The fourth-order valence-electron chi connectivity index (χ4n) is 4.86. The van der Waals surface area contributed by atoms with E-state index in [4.69, 9.17) is 4.52 Å². The first-order chi connectivity index (χ1) is 18.0. The van der Waals surface area contributed by atoms with Gasteiger partial charge in [-0.3, -0.25) is 0 Å². The van der Waals surface area contributed by atoms with Gasteiger partial charge in [-0.25, -0.2) is 18.0 Å². The zero-order chi connectivity index (χ0) is 27.1. The molecule has 2 aliphatic rings. The molecule has 202 valence electrons. The molecule has 13 heteroatoms. The monoisotopic (exact) mass is 540 g/mol. The smallest absolute Gasteiger partial charge is 0.406 e. The molecule has 0 aliphatic carbocycles. The predicted molar refractivity (Wildman–Crippen MR) is 121 cm³/mol. The standard InChI is InChI=1S/C25H22F6N4O3/c26-19-3-1-2-16(11-19)21-32-22(38-33-21)18-10-17(15-4-6-20(7-5-15)37-25(29,30)31)12-35(13-18)23(36)34-9-8-24(27,28)14-34/h1-7,11,17-18H,8-10,12-14H2. The van der Waals surface area contributed by atoms with Crippen LogP contribution in [0.1, 0.15) is 36.1 Å². The van der Waals surface area contributed by atoms with Crippen LogP contribution in [-0.4, -0.2) is 64.4 Å². The second kappa shape index (κ2) is 9.84. The van der Waals surface area contributed by atoms with Crippen molar-refractivity contribution < 1.29 is 40.4 Å². The van der Waals surface area contributed by atoms with Crippen LogP contribution in [-0.2, 0) is 0 Å². The van der Waals surface area contributed by atoms with Gasteiger partial charge in [-0.1, -0.05) is 29.4 Å². The number of rotatable bonds is 4. The van der Waals surface area contributed by atoms with Crippen molar-refractivity contribution in [3.63, 3.8) is 0 Å². The largest absolute Gasteiger partial charge is 0.573 e. The minimum absolute atomic E-state index is 0.0918. The Bertz CT molecular complexity index is 1300. The minimum atomic E-state index is -4.84. The number of halogens is 6. The highest BCUT2D eigenvalue weighted by atomic mass is 19.4. The number of hydrogen-bond donors (Lipinski definition) is 0. The molecule has 2 aromatic carbocycles. The van der Waals surface area contributed by atoms with E-state index in [9.17, 15) is 31.1 Å². The molecule has 3 heterocycles. The van der Waals surface area contributed by atoms with Crippen molar-refractivity contribution in [1.29, 1.82) is 0 Å². The molecule has 2 saturated heterocycles. The van der Waals surface area contributed by atoms with Gasteiger partial charge in [0.05, 0.1) is 12.5 Å². The number of ether oxygens (including phenoxy) is 1. The molecule has 0 N–H and O–H groups in total. The lowest BCUT2D eigenvalue weighted by molar-refractivity contribution is -0.274. The molecule has 0 radical (unpaired) electrons. The molecule has 7 nitrogen and oxygen atoms in total. The Morgan fingerprint density at radius 3 is 2.45 bits per heavy atom. The van der Waals surface area contributed by atoms with Crippen LogP contribution in [0.5, 0.6) is 5.75 Å². The van der Waals surface area contributed by atoms with E-state index in [1.807, 2.05) is 0 Å². The molecular formula is C25H22F6N4O3. The normalized spacial score (nSPS) is 21.5. The quantitative estimate of drug-likeness (QED) is 0.391. The van der Waals surface area contributed by atoms with Crippen molar-refractivity contribution in [2.45, 2.75) is 37.0 Å². The van der Waals surface area contributed by atoms with Gasteiger partial charge in [-0.05, 0) is 36.2 Å². The van der Waals surface area contributed by atoms with Crippen LogP contribution in [0.15, 0.2) is 53.1 Å². The van der Waals surface area contributed by atoms with Gasteiger partial charge >= 0.3 is 12.4 Å². The van der Waals surface area contributed by atoms with Crippen molar-refractivity contribution in [1.82, 2.24) is 19.9 Å². The topological polar surface area (TPSA) is 71.7 Å². The average molecular weight is 540 g/mol. The first-order valence-electron chi connectivity index (χ1n) is 11.8. The third kappa shape index (κ3) is 5.86. The summed E-state index contributed by atoms with van der Waals surface area (Å²) in [6, 6.07) is 10.3. The summed E-state index contributed by atoms with van der Waals surface area (Å²) in [5, 5.41) is 3.92. The second-order valence-corrected chi connectivity index (χ2v) is 9.43. The summed E-state index contributed by atoms with van der Waals surface area (Å²) in [7, 11) is 0. The average Bonchev–Trinajstić information content (AvgIpc) is 3.50. The summed E-state index contributed by atoms with van der Waals surface area (Å²) >= 11 is 0. The number of nitrogens with zero attached hydrogens (tertiary/aromatic N) is 4. The van der Waals surface area contributed by atoms with E-state index >= 15 is 0 Å². The van der Waals surface area contributed by atoms with Gasteiger partial charge in [-0.2, -0.15) is 4.98 Å². The van der Waals surface area contributed by atoms with Gasteiger partial charge < -0.3 is 19.1 Å². The molecular weight excluding hydrogens is 518 g/mol. The highest BCUT2D eigenvalue weighted by Crippen LogP contribution is 2.38. The summed E-state index contributed by atoms with van der Waals surface area (Å²) in [4.78, 5) is 20.1. The van der Waals surface area contributed by atoms with Crippen molar-refractivity contribution >= 4 is 6.03 Å². The summed E-state index contributed by atoms with van der Waals surface area (Å²) in [5.41, 5.74) is 1.01. The molecule has 3 aromatic rings. The Morgan fingerprint density at radius 1 is 1.05 bits per heavy atom. The Hall–Kier alpha value is -3.77. The maximum absolute atomic E-state index is 13.8. The van der Waals surface area contributed by atoms with Crippen LogP contribution in [0.25, 0.3) is 11.4 Å². The Balaban J connectivity index is 1.40. The van der Waals surface area contributed by atoms with E-state index in [1.165, 1.54) is 47.4 Å². The molecule has 2 atom stereocenters. The first-order valence-corrected chi connectivity index (χ1v) is 11.8. The lowest BCUT2D eigenvalue weighted by Gasteiger charge is -2.38. The van der Waals surface area contributed by atoms with Crippen molar-refractivity contribution in [2.75, 3.05) is 26.2 Å². The van der Waals surface area contributed by atoms with E-state index in [0.717, 1.165) is 4.90 Å². The molecule has 2 fully saturated rings. The number of hydrogen-bond acceptors (Lipinski definition) is 5. The predicted octanol–water partition coefficient (Wildman–Crippen LogP) is 5.81. The minimum Gasteiger partial charge on any atom is -0.406 e. The van der Waals surface area contributed by atoms with Gasteiger partial charge in [-0.15, -0.1) is 13.2 Å². The number of alkyl halides is 5. The first kappa shape index (κ1) is 25.9. The van der Waals surface area contributed by atoms with Crippen LogP contribution in [0.3, 0.4) is 0 Å². The van der Waals surface area contributed by atoms with Crippen LogP contribution in [0.4, 0.5) is 31.1 Å². The number of urea groups is 1. The van der Waals surface area contributed by atoms with Crippen LogP contribution >= 0.6 is 0 Å². The summed E-state index contributed by atoms with van der Waals surface area (Å²) in [5.74, 6) is -4.39. The molecule has 0 spiro atoms. The lowest BCUT2D eigenvalue weighted by atomic mass is 9.84. The van der Waals surface area contributed by atoms with Gasteiger partial charge in [0, 0.05) is 37.5 Å². The van der Waals surface area contributed by atoms with E-state index in [-0.39, 0.29) is 37.3 Å². The molecule has 2 amide bonds. The highest BCUT2D eigenvalue weighted by Gasteiger charge is 2.43.